The first-order chi connectivity index (χ1) is 8.20. The van der Waals surface area contributed by atoms with Crippen LogP contribution in [-0.4, -0.2) is 24.6 Å². The molecule has 1 radical (unpaired) electrons. The van der Waals surface area contributed by atoms with Gasteiger partial charge in [0.25, 0.3) is 5.91 Å². The molecule has 1 aliphatic heterocycles. The Morgan fingerprint density at radius 1 is 1.59 bits per heavy atom. The molecular weight excluding hydrogens is 240 g/mol. The average molecular weight is 252 g/mol. The van der Waals surface area contributed by atoms with Gasteiger partial charge in [0.1, 0.15) is 6.10 Å². The lowest BCUT2D eigenvalue weighted by Gasteiger charge is -2.03. The largest absolute Gasteiger partial charge is 0.458 e. The van der Waals surface area contributed by atoms with E-state index >= 15 is 0 Å². The molecule has 89 valence electrons. The van der Waals surface area contributed by atoms with E-state index in [4.69, 9.17) is 16.3 Å². The molecule has 5 heteroatoms. The van der Waals surface area contributed by atoms with Crippen LogP contribution < -0.4 is 5.32 Å². The van der Waals surface area contributed by atoms with E-state index in [0.29, 0.717) is 17.1 Å². The molecule has 0 saturated carbocycles. The van der Waals surface area contributed by atoms with Gasteiger partial charge >= 0.3 is 6.02 Å². The van der Waals surface area contributed by atoms with E-state index in [9.17, 15) is 4.79 Å². The maximum Gasteiger partial charge on any atom is 0.315 e. The number of amides is 1. The van der Waals surface area contributed by atoms with Crippen molar-refractivity contribution in [3.05, 3.63) is 34.9 Å². The molecule has 2 rings (SSSR count). The van der Waals surface area contributed by atoms with E-state index in [1.54, 1.807) is 24.3 Å². The summed E-state index contributed by atoms with van der Waals surface area (Å²) in [6, 6.07) is 6.93. The summed E-state index contributed by atoms with van der Waals surface area (Å²) in [5.74, 6) is -0.425. The average Bonchev–Trinajstić information content (AvgIpc) is 2.77. The van der Waals surface area contributed by atoms with Gasteiger partial charge in [-0.3, -0.25) is 4.79 Å². The minimum Gasteiger partial charge on any atom is -0.458 e. The van der Waals surface area contributed by atoms with Crippen LogP contribution in [0.4, 0.5) is 0 Å². The fraction of sp³-hybridized carbons (Fsp3) is 0.333. The number of benzene rings is 1. The summed E-state index contributed by atoms with van der Waals surface area (Å²) in [6.07, 6.45) is 0.885. The monoisotopic (exact) mass is 251 g/mol. The highest BCUT2D eigenvalue weighted by atomic mass is 35.5. The highest BCUT2D eigenvalue weighted by Crippen LogP contribution is 2.16. The van der Waals surface area contributed by atoms with E-state index in [0.717, 1.165) is 6.42 Å². The molecule has 0 aliphatic carbocycles. The Labute approximate surface area is 105 Å². The van der Waals surface area contributed by atoms with Crippen molar-refractivity contribution in [2.24, 2.45) is 4.99 Å². The summed E-state index contributed by atoms with van der Waals surface area (Å²) >= 11 is 5.90. The van der Waals surface area contributed by atoms with Crippen molar-refractivity contribution in [2.45, 2.75) is 19.4 Å². The van der Waals surface area contributed by atoms with Gasteiger partial charge < -0.3 is 4.74 Å². The van der Waals surface area contributed by atoms with Crippen LogP contribution in [-0.2, 0) is 4.74 Å². The second kappa shape index (κ2) is 5.19. The summed E-state index contributed by atoms with van der Waals surface area (Å²) in [5.41, 5.74) is 0.361. The molecule has 4 nitrogen and oxygen atoms in total. The molecule has 17 heavy (non-hydrogen) atoms. The van der Waals surface area contributed by atoms with Crippen molar-refractivity contribution in [3.8, 4) is 0 Å². The van der Waals surface area contributed by atoms with Crippen LogP contribution >= 0.6 is 11.6 Å². The quantitative estimate of drug-likeness (QED) is 0.810. The Morgan fingerprint density at radius 3 is 3.00 bits per heavy atom. The van der Waals surface area contributed by atoms with Crippen molar-refractivity contribution in [1.82, 2.24) is 5.32 Å². The lowest BCUT2D eigenvalue weighted by Crippen LogP contribution is -2.10. The van der Waals surface area contributed by atoms with Gasteiger partial charge in [0, 0.05) is 0 Å². The molecule has 0 bridgehead atoms. The van der Waals surface area contributed by atoms with E-state index in [1.807, 2.05) is 6.92 Å². The number of nitrogens with zero attached hydrogens (tertiary/aromatic N) is 2. The third-order valence-electron chi connectivity index (χ3n) is 2.46. The zero-order valence-electron chi connectivity index (χ0n) is 9.39. The molecule has 0 spiro atoms. The summed E-state index contributed by atoms with van der Waals surface area (Å²) in [6.45, 7) is 2.56. The summed E-state index contributed by atoms with van der Waals surface area (Å²) in [4.78, 5) is 15.6. The van der Waals surface area contributed by atoms with Crippen LogP contribution in [0.1, 0.15) is 23.7 Å². The maximum atomic E-state index is 11.8. The first-order valence-corrected chi connectivity index (χ1v) is 5.80. The zero-order chi connectivity index (χ0) is 12.3. The van der Waals surface area contributed by atoms with Gasteiger partial charge in [0.15, 0.2) is 0 Å². The minimum atomic E-state index is -0.425. The van der Waals surface area contributed by atoms with Gasteiger partial charge in [0.05, 0.1) is 17.1 Å². The SMILES string of the molecule is CCC1C[N]C(=NC(=O)c2ccccc2Cl)O1. The highest BCUT2D eigenvalue weighted by Gasteiger charge is 2.22. The molecule has 1 fully saturated rings. The van der Waals surface area contributed by atoms with E-state index in [1.165, 1.54) is 0 Å². The molecule has 1 aliphatic rings. The number of hydrogen-bond acceptors (Lipinski definition) is 2. The lowest BCUT2D eigenvalue weighted by atomic mass is 10.2. The predicted molar refractivity (Wildman–Crippen MR) is 65.4 cm³/mol. The van der Waals surface area contributed by atoms with E-state index in [2.05, 4.69) is 10.3 Å². The fourth-order valence-corrected chi connectivity index (χ4v) is 1.68. The first kappa shape index (κ1) is 11.9. The van der Waals surface area contributed by atoms with Crippen molar-refractivity contribution >= 4 is 23.5 Å². The number of rotatable bonds is 2. The molecule has 1 atom stereocenters. The van der Waals surface area contributed by atoms with Crippen LogP contribution in [0.3, 0.4) is 0 Å². The molecule has 1 aromatic carbocycles. The second-order valence-electron chi connectivity index (χ2n) is 3.67. The first-order valence-electron chi connectivity index (χ1n) is 5.42. The Hall–Kier alpha value is -1.55. The van der Waals surface area contributed by atoms with Crippen LogP contribution in [0, 0.1) is 0 Å². The summed E-state index contributed by atoms with van der Waals surface area (Å²) in [5, 5.41) is 4.43. The molecule has 1 unspecified atom stereocenters. The Bertz CT molecular complexity index is 460. The minimum absolute atomic E-state index is 0.0350. The second-order valence-corrected chi connectivity index (χ2v) is 4.08. The van der Waals surface area contributed by atoms with Crippen LogP contribution in [0.15, 0.2) is 29.3 Å². The standard InChI is InChI=1S/C12H12ClN2O2/c1-2-8-7-14-12(17-8)15-11(16)9-5-3-4-6-10(9)13/h3-6,8H,2,7H2,1H3. The van der Waals surface area contributed by atoms with Gasteiger partial charge in [-0.1, -0.05) is 30.7 Å². The Balaban J connectivity index is 2.12. The van der Waals surface area contributed by atoms with Crippen molar-refractivity contribution in [1.29, 1.82) is 0 Å². The number of ether oxygens (including phenoxy) is 1. The number of amidine groups is 1. The Morgan fingerprint density at radius 2 is 2.35 bits per heavy atom. The molecule has 0 N–H and O–H groups in total. The molecule has 1 aromatic rings. The normalized spacial score (nSPS) is 21.1. The molecule has 1 saturated heterocycles. The smallest absolute Gasteiger partial charge is 0.315 e. The molecule has 0 aromatic heterocycles. The third-order valence-corrected chi connectivity index (χ3v) is 2.79. The van der Waals surface area contributed by atoms with Gasteiger partial charge in [-0.2, -0.15) is 4.99 Å². The van der Waals surface area contributed by atoms with Crippen LogP contribution in [0.25, 0.3) is 0 Å². The number of carbonyl (C=O) groups is 1. The van der Waals surface area contributed by atoms with Gasteiger partial charge in [-0.25, -0.2) is 5.32 Å². The van der Waals surface area contributed by atoms with Crippen molar-refractivity contribution in [2.75, 3.05) is 6.54 Å². The van der Waals surface area contributed by atoms with E-state index in [-0.39, 0.29) is 12.1 Å². The van der Waals surface area contributed by atoms with Gasteiger partial charge in [-0.05, 0) is 18.6 Å². The predicted octanol–water partition coefficient (Wildman–Crippen LogP) is 2.25. The number of aliphatic imine (C=N–C) groups is 1. The summed E-state index contributed by atoms with van der Waals surface area (Å²) in [7, 11) is 0. The van der Waals surface area contributed by atoms with Crippen molar-refractivity contribution < 1.29 is 9.53 Å². The molecule has 1 heterocycles. The zero-order valence-corrected chi connectivity index (χ0v) is 10.1. The van der Waals surface area contributed by atoms with Crippen molar-refractivity contribution in [3.63, 3.8) is 0 Å². The molecular formula is C12H12ClN2O2. The van der Waals surface area contributed by atoms with Crippen LogP contribution in [0.2, 0.25) is 5.02 Å². The summed E-state index contributed by atoms with van der Waals surface area (Å²) < 4.78 is 5.36. The fourth-order valence-electron chi connectivity index (χ4n) is 1.46. The maximum absolute atomic E-state index is 11.8. The highest BCUT2D eigenvalue weighted by molar-refractivity contribution is 6.34. The number of carbonyl (C=O) groups excluding carboxylic acids is 1. The van der Waals surface area contributed by atoms with Gasteiger partial charge in [-0.15, -0.1) is 0 Å². The van der Waals surface area contributed by atoms with E-state index < -0.39 is 5.91 Å². The molecule has 1 amide bonds. The number of hydrogen-bond donors (Lipinski definition) is 0. The third kappa shape index (κ3) is 2.77. The Kier molecular flexibility index (Phi) is 3.64. The van der Waals surface area contributed by atoms with Gasteiger partial charge in [0.2, 0.25) is 0 Å². The number of halogens is 1. The van der Waals surface area contributed by atoms with Crippen LogP contribution in [0.5, 0.6) is 0 Å². The lowest BCUT2D eigenvalue weighted by molar-refractivity contribution is 0.0998. The topological polar surface area (TPSA) is 52.8 Å².